The fraction of sp³-hybridized carbons (Fsp3) is 0. The second-order valence-corrected chi connectivity index (χ2v) is 15.1. The normalized spacial score (nSPS) is 12.1. The maximum absolute atomic E-state index is 4.82. The minimum atomic E-state index is 0.963. The average molecular weight is 741 g/mol. The van der Waals surface area contributed by atoms with E-state index in [1.54, 1.807) is 0 Å². The Bertz CT molecular complexity index is 3430. The number of hydrogen-bond acceptors (Lipinski definition) is 2. The Balaban J connectivity index is 0.990. The average Bonchev–Trinajstić information content (AvgIpc) is 4.01. The fourth-order valence-electron chi connectivity index (χ4n) is 9.60. The van der Waals surface area contributed by atoms with Crippen molar-refractivity contribution in [3.05, 3.63) is 194 Å². The molecule has 6 heterocycles. The molecule has 270 valence electrons. The van der Waals surface area contributed by atoms with E-state index in [9.17, 15) is 0 Å². The van der Waals surface area contributed by atoms with Gasteiger partial charge in [0.25, 0.3) is 0 Å². The van der Waals surface area contributed by atoms with Crippen molar-refractivity contribution in [3.8, 4) is 22.7 Å². The van der Waals surface area contributed by atoms with E-state index in [4.69, 9.17) is 9.97 Å². The van der Waals surface area contributed by atoms with Crippen LogP contribution >= 0.6 is 0 Å². The summed E-state index contributed by atoms with van der Waals surface area (Å²) in [6.45, 7) is 0. The van der Waals surface area contributed by atoms with Crippen molar-refractivity contribution in [1.82, 2.24) is 28.2 Å². The van der Waals surface area contributed by atoms with Crippen LogP contribution in [0.1, 0.15) is 0 Å². The van der Waals surface area contributed by atoms with Crippen molar-refractivity contribution in [2.75, 3.05) is 0 Å². The SMILES string of the molecule is c1ccc2c(c1)c1cc3c(cc1n2-c1ccc(-n2c4ccccc4c4cccnc42)cc1)c1ccccc1n3-c1ccc(-n2c3ccccc3c3cccnc32)cc1. The lowest BCUT2D eigenvalue weighted by molar-refractivity contribution is 1.12. The topological polar surface area (TPSA) is 45.5 Å². The van der Waals surface area contributed by atoms with E-state index in [0.717, 1.165) is 55.8 Å². The van der Waals surface area contributed by atoms with Gasteiger partial charge < -0.3 is 9.13 Å². The van der Waals surface area contributed by atoms with Crippen molar-refractivity contribution in [2.45, 2.75) is 0 Å². The van der Waals surface area contributed by atoms with Crippen LogP contribution < -0.4 is 0 Å². The molecule has 0 aliphatic heterocycles. The third kappa shape index (κ3) is 4.26. The van der Waals surface area contributed by atoms with Gasteiger partial charge in [0.2, 0.25) is 0 Å². The molecule has 0 atom stereocenters. The highest BCUT2D eigenvalue weighted by atomic mass is 15.1. The van der Waals surface area contributed by atoms with E-state index in [0.29, 0.717) is 0 Å². The summed E-state index contributed by atoms with van der Waals surface area (Å²) >= 11 is 0. The van der Waals surface area contributed by atoms with Gasteiger partial charge in [-0.05, 0) is 109 Å². The molecule has 13 aromatic rings. The number of pyridine rings is 2. The molecule has 0 spiro atoms. The number of fused-ring (bicyclic) bond motifs is 12. The molecule has 0 aliphatic rings. The molecule has 0 saturated carbocycles. The van der Waals surface area contributed by atoms with Crippen molar-refractivity contribution >= 4 is 87.5 Å². The predicted octanol–water partition coefficient (Wildman–Crippen LogP) is 12.9. The number of aromatic nitrogens is 6. The predicted molar refractivity (Wildman–Crippen MR) is 239 cm³/mol. The van der Waals surface area contributed by atoms with Gasteiger partial charge in [-0.1, -0.05) is 72.8 Å². The van der Waals surface area contributed by atoms with Crippen LogP contribution in [-0.2, 0) is 0 Å². The van der Waals surface area contributed by atoms with Crippen LogP contribution in [0.2, 0.25) is 0 Å². The minimum Gasteiger partial charge on any atom is -0.309 e. The second-order valence-electron chi connectivity index (χ2n) is 15.1. The molecule has 13 rings (SSSR count). The van der Waals surface area contributed by atoms with Gasteiger partial charge in [0.05, 0.1) is 33.1 Å². The lowest BCUT2D eigenvalue weighted by Crippen LogP contribution is -1.98. The largest absolute Gasteiger partial charge is 0.309 e. The zero-order valence-corrected chi connectivity index (χ0v) is 31.2. The summed E-state index contributed by atoms with van der Waals surface area (Å²) in [5, 5.41) is 9.61. The van der Waals surface area contributed by atoms with Gasteiger partial charge in [-0.3, -0.25) is 9.13 Å². The third-order valence-electron chi connectivity index (χ3n) is 12.1. The first-order valence-corrected chi connectivity index (χ1v) is 19.7. The molecule has 0 unspecified atom stereocenters. The molecule has 6 aromatic heterocycles. The number of benzene rings is 7. The van der Waals surface area contributed by atoms with Crippen LogP contribution in [0.4, 0.5) is 0 Å². The molecule has 0 radical (unpaired) electrons. The van der Waals surface area contributed by atoms with Crippen LogP contribution in [0, 0.1) is 0 Å². The fourth-order valence-corrected chi connectivity index (χ4v) is 9.60. The number of hydrogen-bond donors (Lipinski definition) is 0. The molecule has 0 bridgehead atoms. The maximum atomic E-state index is 4.82. The molecule has 0 N–H and O–H groups in total. The molecule has 0 aliphatic carbocycles. The monoisotopic (exact) mass is 740 g/mol. The molecule has 0 amide bonds. The lowest BCUT2D eigenvalue weighted by atomic mass is 10.1. The van der Waals surface area contributed by atoms with E-state index in [-0.39, 0.29) is 0 Å². The van der Waals surface area contributed by atoms with Crippen LogP contribution in [0.15, 0.2) is 194 Å². The quantitative estimate of drug-likeness (QED) is 0.180. The molecule has 0 fully saturated rings. The number of nitrogens with zero attached hydrogens (tertiary/aromatic N) is 6. The van der Waals surface area contributed by atoms with Gasteiger partial charge >= 0.3 is 0 Å². The van der Waals surface area contributed by atoms with E-state index in [1.165, 1.54) is 54.4 Å². The van der Waals surface area contributed by atoms with E-state index in [1.807, 2.05) is 24.5 Å². The van der Waals surface area contributed by atoms with Crippen molar-refractivity contribution in [2.24, 2.45) is 0 Å². The first-order chi connectivity index (χ1) is 28.8. The summed E-state index contributed by atoms with van der Waals surface area (Å²) < 4.78 is 9.37. The molecule has 6 heteroatoms. The summed E-state index contributed by atoms with van der Waals surface area (Å²) in [6, 6.07) is 65.6. The molecule has 6 nitrogen and oxygen atoms in total. The Hall–Kier alpha value is -7.96. The Morgan fingerprint density at radius 2 is 0.534 bits per heavy atom. The highest BCUT2D eigenvalue weighted by molar-refractivity contribution is 6.19. The summed E-state index contributed by atoms with van der Waals surface area (Å²) in [4.78, 5) is 9.63. The molecule has 7 aromatic carbocycles. The smallest absolute Gasteiger partial charge is 0.145 e. The van der Waals surface area contributed by atoms with Gasteiger partial charge in [-0.15, -0.1) is 0 Å². The number of para-hydroxylation sites is 4. The van der Waals surface area contributed by atoms with Gasteiger partial charge in [0, 0.05) is 78.2 Å². The Morgan fingerprint density at radius 1 is 0.241 bits per heavy atom. The second kappa shape index (κ2) is 11.8. The first kappa shape index (κ1) is 31.3. The highest BCUT2D eigenvalue weighted by Crippen LogP contribution is 2.40. The van der Waals surface area contributed by atoms with Gasteiger partial charge in [0.15, 0.2) is 0 Å². The van der Waals surface area contributed by atoms with Gasteiger partial charge in [-0.2, -0.15) is 0 Å². The third-order valence-corrected chi connectivity index (χ3v) is 12.1. The van der Waals surface area contributed by atoms with Crippen LogP contribution in [0.5, 0.6) is 0 Å². The van der Waals surface area contributed by atoms with E-state index in [2.05, 4.69) is 188 Å². The molecular weight excluding hydrogens is 709 g/mol. The number of rotatable bonds is 4. The Morgan fingerprint density at radius 3 is 0.914 bits per heavy atom. The van der Waals surface area contributed by atoms with Crippen LogP contribution in [-0.4, -0.2) is 28.2 Å². The Kier molecular flexibility index (Phi) is 6.35. The van der Waals surface area contributed by atoms with Gasteiger partial charge in [0.1, 0.15) is 11.3 Å². The van der Waals surface area contributed by atoms with Crippen LogP contribution in [0.25, 0.3) is 110 Å². The van der Waals surface area contributed by atoms with Crippen molar-refractivity contribution < 1.29 is 0 Å². The maximum Gasteiger partial charge on any atom is 0.145 e. The zero-order valence-electron chi connectivity index (χ0n) is 31.2. The van der Waals surface area contributed by atoms with Crippen molar-refractivity contribution in [3.63, 3.8) is 0 Å². The Labute approximate surface area is 331 Å². The molecule has 58 heavy (non-hydrogen) atoms. The molecule has 0 saturated heterocycles. The highest BCUT2D eigenvalue weighted by Gasteiger charge is 2.20. The zero-order chi connectivity index (χ0) is 37.9. The standard InChI is InChI=1S/C52H32N6/c1-7-19-47-37(11-1)41-15-9-29-53-51(41)57(47)35-25-21-33(22-26-35)55-45-17-5-3-13-39(45)43-32-50-44(31-49(43)55)40-14-4-6-18-46(40)56(50)34-23-27-36(28-24-34)58-48-20-8-2-12-38(48)42-16-10-30-54-52(42)58/h1-32H. The first-order valence-electron chi connectivity index (χ1n) is 19.7. The van der Waals surface area contributed by atoms with E-state index >= 15 is 0 Å². The summed E-state index contributed by atoms with van der Waals surface area (Å²) in [7, 11) is 0. The van der Waals surface area contributed by atoms with Crippen molar-refractivity contribution in [1.29, 1.82) is 0 Å². The van der Waals surface area contributed by atoms with E-state index < -0.39 is 0 Å². The van der Waals surface area contributed by atoms with Gasteiger partial charge in [-0.25, -0.2) is 9.97 Å². The summed E-state index contributed by atoms with van der Waals surface area (Å²) in [5.74, 6) is 0. The summed E-state index contributed by atoms with van der Waals surface area (Å²) in [6.07, 6.45) is 3.75. The molecular formula is C52H32N6. The van der Waals surface area contributed by atoms with Crippen LogP contribution in [0.3, 0.4) is 0 Å². The lowest BCUT2D eigenvalue weighted by Gasteiger charge is -2.12. The summed E-state index contributed by atoms with van der Waals surface area (Å²) in [5.41, 5.74) is 13.3. The minimum absolute atomic E-state index is 0.963.